The van der Waals surface area contributed by atoms with Gasteiger partial charge in [-0.3, -0.25) is 0 Å². The summed E-state index contributed by atoms with van der Waals surface area (Å²) in [6.45, 7) is 4.05. The van der Waals surface area contributed by atoms with Gasteiger partial charge in [-0.05, 0) is 47.5 Å². The SMILES string of the molecule is Cc1c(N)cnc(NC(C)Cc2ccco2)c1Br. The van der Waals surface area contributed by atoms with E-state index in [1.54, 1.807) is 12.5 Å². The minimum absolute atomic E-state index is 0.225. The molecule has 5 heteroatoms. The Hall–Kier alpha value is -1.49. The van der Waals surface area contributed by atoms with Crippen LogP contribution in [0.2, 0.25) is 0 Å². The molecular weight excluding hydrogens is 294 g/mol. The van der Waals surface area contributed by atoms with Gasteiger partial charge in [0, 0.05) is 12.5 Å². The fraction of sp³-hybridized carbons (Fsp3) is 0.308. The first-order valence-electron chi connectivity index (χ1n) is 5.77. The van der Waals surface area contributed by atoms with Gasteiger partial charge in [0.1, 0.15) is 11.6 Å². The Morgan fingerprint density at radius 3 is 3.00 bits per heavy atom. The first kappa shape index (κ1) is 13.0. The van der Waals surface area contributed by atoms with Crippen molar-refractivity contribution in [1.82, 2.24) is 4.98 Å². The molecule has 1 unspecified atom stereocenters. The highest BCUT2D eigenvalue weighted by atomic mass is 79.9. The largest absolute Gasteiger partial charge is 0.469 e. The summed E-state index contributed by atoms with van der Waals surface area (Å²) in [4.78, 5) is 4.29. The van der Waals surface area contributed by atoms with E-state index in [4.69, 9.17) is 10.2 Å². The third kappa shape index (κ3) is 2.85. The number of nitrogen functional groups attached to an aromatic ring is 1. The van der Waals surface area contributed by atoms with Gasteiger partial charge in [-0.1, -0.05) is 0 Å². The molecule has 0 aliphatic heterocycles. The molecule has 2 aromatic rings. The van der Waals surface area contributed by atoms with Crippen LogP contribution in [0.15, 0.2) is 33.5 Å². The summed E-state index contributed by atoms with van der Waals surface area (Å²) in [5, 5.41) is 3.34. The Morgan fingerprint density at radius 2 is 2.33 bits per heavy atom. The Kier molecular flexibility index (Phi) is 3.91. The lowest BCUT2D eigenvalue weighted by atomic mass is 10.2. The molecule has 4 nitrogen and oxygen atoms in total. The van der Waals surface area contributed by atoms with E-state index >= 15 is 0 Å². The Bertz CT molecular complexity index is 525. The Morgan fingerprint density at radius 1 is 1.56 bits per heavy atom. The maximum Gasteiger partial charge on any atom is 0.140 e. The number of anilines is 2. The average Bonchev–Trinajstić information content (AvgIpc) is 2.83. The van der Waals surface area contributed by atoms with Gasteiger partial charge >= 0.3 is 0 Å². The molecule has 0 saturated carbocycles. The fourth-order valence-corrected chi connectivity index (χ4v) is 2.15. The fourth-order valence-electron chi connectivity index (χ4n) is 1.71. The van der Waals surface area contributed by atoms with E-state index in [1.807, 2.05) is 19.1 Å². The number of hydrogen-bond donors (Lipinski definition) is 2. The number of aromatic nitrogens is 1. The van der Waals surface area contributed by atoms with E-state index in [9.17, 15) is 0 Å². The van der Waals surface area contributed by atoms with Gasteiger partial charge in [-0.2, -0.15) is 0 Å². The second kappa shape index (κ2) is 5.44. The zero-order chi connectivity index (χ0) is 13.1. The maximum atomic E-state index is 5.79. The molecule has 2 rings (SSSR count). The topological polar surface area (TPSA) is 64.1 Å². The quantitative estimate of drug-likeness (QED) is 0.909. The first-order chi connectivity index (χ1) is 8.58. The molecule has 0 spiro atoms. The number of nitrogens with zero attached hydrogens (tertiary/aromatic N) is 1. The van der Waals surface area contributed by atoms with E-state index in [-0.39, 0.29) is 6.04 Å². The number of rotatable bonds is 4. The van der Waals surface area contributed by atoms with Gasteiger partial charge in [0.15, 0.2) is 0 Å². The van der Waals surface area contributed by atoms with Crippen molar-refractivity contribution in [3.8, 4) is 0 Å². The van der Waals surface area contributed by atoms with Crippen molar-refractivity contribution in [2.24, 2.45) is 0 Å². The van der Waals surface area contributed by atoms with E-state index in [0.717, 1.165) is 28.0 Å². The molecule has 0 saturated heterocycles. The molecule has 96 valence electrons. The van der Waals surface area contributed by atoms with Crippen LogP contribution in [0.1, 0.15) is 18.2 Å². The zero-order valence-electron chi connectivity index (χ0n) is 10.4. The molecule has 0 aliphatic carbocycles. The van der Waals surface area contributed by atoms with Crippen LogP contribution in [-0.4, -0.2) is 11.0 Å². The van der Waals surface area contributed by atoms with Crippen LogP contribution in [0.25, 0.3) is 0 Å². The predicted octanol–water partition coefficient (Wildman–Crippen LogP) is 3.37. The van der Waals surface area contributed by atoms with Gasteiger partial charge in [-0.25, -0.2) is 4.98 Å². The highest BCUT2D eigenvalue weighted by molar-refractivity contribution is 9.10. The number of nitrogens with two attached hydrogens (primary N) is 1. The van der Waals surface area contributed by atoms with Crippen molar-refractivity contribution >= 4 is 27.4 Å². The average molecular weight is 310 g/mol. The summed E-state index contributed by atoms with van der Waals surface area (Å²) in [6, 6.07) is 4.08. The van der Waals surface area contributed by atoms with Gasteiger partial charge in [0.25, 0.3) is 0 Å². The number of nitrogens with one attached hydrogen (secondary N) is 1. The van der Waals surface area contributed by atoms with Crippen molar-refractivity contribution in [1.29, 1.82) is 0 Å². The second-order valence-corrected chi connectivity index (χ2v) is 5.12. The van der Waals surface area contributed by atoms with Crippen molar-refractivity contribution in [2.75, 3.05) is 11.1 Å². The molecule has 2 aromatic heterocycles. The maximum absolute atomic E-state index is 5.79. The second-order valence-electron chi connectivity index (χ2n) is 4.33. The normalized spacial score (nSPS) is 12.4. The number of furan rings is 1. The number of pyridine rings is 1. The zero-order valence-corrected chi connectivity index (χ0v) is 12.0. The lowest BCUT2D eigenvalue weighted by Gasteiger charge is -2.16. The van der Waals surface area contributed by atoms with E-state index in [2.05, 4.69) is 33.2 Å². The van der Waals surface area contributed by atoms with Crippen LogP contribution >= 0.6 is 15.9 Å². The summed E-state index contributed by atoms with van der Waals surface area (Å²) < 4.78 is 6.23. The first-order valence-corrected chi connectivity index (χ1v) is 6.56. The molecule has 0 amide bonds. The monoisotopic (exact) mass is 309 g/mol. The Labute approximate surface area is 115 Å². The standard InChI is InChI=1S/C13H16BrN3O/c1-8(6-10-4-3-5-18-10)17-13-12(14)9(2)11(15)7-16-13/h3-5,7-8H,6,15H2,1-2H3,(H,16,17). The molecule has 0 radical (unpaired) electrons. The minimum Gasteiger partial charge on any atom is -0.469 e. The van der Waals surface area contributed by atoms with Crippen LogP contribution in [0, 0.1) is 6.92 Å². The van der Waals surface area contributed by atoms with Crippen LogP contribution in [-0.2, 0) is 6.42 Å². The Balaban J connectivity index is 2.07. The van der Waals surface area contributed by atoms with Crippen molar-refractivity contribution < 1.29 is 4.42 Å². The summed E-state index contributed by atoms with van der Waals surface area (Å²) in [5.41, 5.74) is 7.48. The van der Waals surface area contributed by atoms with Crippen molar-refractivity contribution in [3.05, 3.63) is 40.4 Å². The van der Waals surface area contributed by atoms with Crippen molar-refractivity contribution in [3.63, 3.8) is 0 Å². The molecule has 18 heavy (non-hydrogen) atoms. The molecule has 2 heterocycles. The van der Waals surface area contributed by atoms with Gasteiger partial charge in [-0.15, -0.1) is 0 Å². The number of hydrogen-bond acceptors (Lipinski definition) is 4. The third-order valence-corrected chi connectivity index (χ3v) is 3.74. The number of halogens is 1. The molecule has 0 bridgehead atoms. The minimum atomic E-state index is 0.225. The predicted molar refractivity (Wildman–Crippen MR) is 76.6 cm³/mol. The smallest absolute Gasteiger partial charge is 0.140 e. The summed E-state index contributed by atoms with van der Waals surface area (Å²) >= 11 is 3.51. The highest BCUT2D eigenvalue weighted by Crippen LogP contribution is 2.28. The molecular formula is C13H16BrN3O. The van der Waals surface area contributed by atoms with E-state index in [1.165, 1.54) is 0 Å². The molecule has 3 N–H and O–H groups in total. The summed E-state index contributed by atoms with van der Waals surface area (Å²) in [6.07, 6.45) is 4.16. The van der Waals surface area contributed by atoms with Gasteiger partial charge < -0.3 is 15.5 Å². The molecule has 1 atom stereocenters. The third-order valence-electron chi connectivity index (χ3n) is 2.77. The highest BCUT2D eigenvalue weighted by Gasteiger charge is 2.11. The lowest BCUT2D eigenvalue weighted by molar-refractivity contribution is 0.497. The van der Waals surface area contributed by atoms with Crippen LogP contribution in [0.5, 0.6) is 0 Å². The van der Waals surface area contributed by atoms with Gasteiger partial charge in [0.05, 0.1) is 22.6 Å². The van der Waals surface area contributed by atoms with Crippen LogP contribution < -0.4 is 11.1 Å². The van der Waals surface area contributed by atoms with Gasteiger partial charge in [0.2, 0.25) is 0 Å². The molecule has 0 aromatic carbocycles. The van der Waals surface area contributed by atoms with Crippen LogP contribution in [0.4, 0.5) is 11.5 Å². The van der Waals surface area contributed by atoms with E-state index < -0.39 is 0 Å². The lowest BCUT2D eigenvalue weighted by Crippen LogP contribution is -2.19. The molecule has 0 aliphatic rings. The summed E-state index contributed by atoms with van der Waals surface area (Å²) in [7, 11) is 0. The van der Waals surface area contributed by atoms with Crippen LogP contribution in [0.3, 0.4) is 0 Å². The summed E-state index contributed by atoms with van der Waals surface area (Å²) in [5.74, 6) is 1.76. The molecule has 0 fully saturated rings. The van der Waals surface area contributed by atoms with E-state index in [0.29, 0.717) is 5.69 Å². The van der Waals surface area contributed by atoms with Crippen molar-refractivity contribution in [2.45, 2.75) is 26.3 Å².